The van der Waals surface area contributed by atoms with E-state index in [2.05, 4.69) is 36.2 Å². The molecular formula is C13H15BrN4O2S. The van der Waals surface area contributed by atoms with Gasteiger partial charge in [-0.25, -0.2) is 8.42 Å². The maximum atomic E-state index is 12.4. The molecule has 0 saturated heterocycles. The minimum Gasteiger partial charge on any atom is -0.313 e. The lowest BCUT2D eigenvalue weighted by molar-refractivity contribution is 0.600. The fourth-order valence-corrected chi connectivity index (χ4v) is 3.69. The smallest absolute Gasteiger partial charge is 0.264 e. The van der Waals surface area contributed by atoms with Crippen LogP contribution in [-0.2, 0) is 16.6 Å². The van der Waals surface area contributed by atoms with E-state index in [9.17, 15) is 8.42 Å². The number of rotatable bonds is 6. The molecule has 0 aliphatic heterocycles. The molecule has 2 aromatic rings. The van der Waals surface area contributed by atoms with Crippen molar-refractivity contribution in [3.05, 3.63) is 46.6 Å². The number of halogens is 1. The van der Waals surface area contributed by atoms with E-state index >= 15 is 0 Å². The standard InChI is InChI=1S/C13H15BrN4O2S/c1-2-15-9-10-5-6-11(14)12(8-10)21(19,20)18-13-4-3-7-16-17-13/h3-8,15H,2,9H2,1H3,(H,17,18). The zero-order valence-electron chi connectivity index (χ0n) is 11.4. The van der Waals surface area contributed by atoms with Gasteiger partial charge < -0.3 is 5.32 Å². The second kappa shape index (κ2) is 6.97. The third-order valence-corrected chi connectivity index (χ3v) is 5.02. The molecule has 0 aliphatic rings. The van der Waals surface area contributed by atoms with Crippen LogP contribution in [0.4, 0.5) is 5.82 Å². The number of nitrogens with one attached hydrogen (secondary N) is 2. The predicted molar refractivity (Wildman–Crippen MR) is 84.4 cm³/mol. The molecule has 0 fully saturated rings. The Morgan fingerprint density at radius 2 is 2.10 bits per heavy atom. The van der Waals surface area contributed by atoms with Gasteiger partial charge in [-0.15, -0.1) is 5.10 Å². The highest BCUT2D eigenvalue weighted by molar-refractivity contribution is 9.10. The van der Waals surface area contributed by atoms with Gasteiger partial charge in [0.05, 0.1) is 0 Å². The first-order valence-electron chi connectivity index (χ1n) is 6.32. The number of anilines is 1. The average Bonchev–Trinajstić information content (AvgIpc) is 2.47. The summed E-state index contributed by atoms with van der Waals surface area (Å²) in [6.07, 6.45) is 1.48. The van der Waals surface area contributed by atoms with Gasteiger partial charge in [-0.05, 0) is 52.3 Å². The Hall–Kier alpha value is -1.51. The monoisotopic (exact) mass is 370 g/mol. The molecule has 0 atom stereocenters. The molecule has 0 unspecified atom stereocenters. The van der Waals surface area contributed by atoms with Crippen LogP contribution < -0.4 is 10.0 Å². The number of sulfonamides is 1. The lowest BCUT2D eigenvalue weighted by Gasteiger charge is -2.10. The first-order valence-corrected chi connectivity index (χ1v) is 8.60. The second-order valence-electron chi connectivity index (χ2n) is 4.26. The number of hydrogen-bond acceptors (Lipinski definition) is 5. The largest absolute Gasteiger partial charge is 0.313 e. The van der Waals surface area contributed by atoms with Gasteiger partial charge in [0, 0.05) is 17.2 Å². The predicted octanol–water partition coefficient (Wildman–Crippen LogP) is 2.15. The molecule has 0 amide bonds. The van der Waals surface area contributed by atoms with Crippen molar-refractivity contribution in [3.8, 4) is 0 Å². The summed E-state index contributed by atoms with van der Waals surface area (Å²) >= 11 is 3.27. The number of benzene rings is 1. The topological polar surface area (TPSA) is 84.0 Å². The lowest BCUT2D eigenvalue weighted by atomic mass is 10.2. The minimum atomic E-state index is -3.72. The van der Waals surface area contributed by atoms with E-state index < -0.39 is 10.0 Å². The van der Waals surface area contributed by atoms with Crippen molar-refractivity contribution in [2.24, 2.45) is 0 Å². The summed E-state index contributed by atoms with van der Waals surface area (Å²) in [5.41, 5.74) is 0.888. The summed E-state index contributed by atoms with van der Waals surface area (Å²) in [7, 11) is -3.72. The molecule has 6 nitrogen and oxygen atoms in total. The van der Waals surface area contributed by atoms with Gasteiger partial charge in [0.25, 0.3) is 10.0 Å². The highest BCUT2D eigenvalue weighted by Crippen LogP contribution is 2.24. The van der Waals surface area contributed by atoms with Gasteiger partial charge in [0.1, 0.15) is 4.90 Å². The van der Waals surface area contributed by atoms with Gasteiger partial charge in [0.15, 0.2) is 5.82 Å². The van der Waals surface area contributed by atoms with E-state index in [0.717, 1.165) is 12.1 Å². The normalized spacial score (nSPS) is 11.3. The molecule has 0 saturated carbocycles. The van der Waals surface area contributed by atoms with Gasteiger partial charge in [-0.2, -0.15) is 5.10 Å². The van der Waals surface area contributed by atoms with Crippen LogP contribution >= 0.6 is 15.9 Å². The summed E-state index contributed by atoms with van der Waals surface area (Å²) < 4.78 is 27.7. The van der Waals surface area contributed by atoms with Crippen LogP contribution in [0.1, 0.15) is 12.5 Å². The highest BCUT2D eigenvalue weighted by Gasteiger charge is 2.19. The SMILES string of the molecule is CCNCc1ccc(Br)c(S(=O)(=O)Nc2cccnn2)c1. The number of aromatic nitrogens is 2. The lowest BCUT2D eigenvalue weighted by Crippen LogP contribution is -2.16. The summed E-state index contributed by atoms with van der Waals surface area (Å²) in [5, 5.41) is 10.5. The first kappa shape index (κ1) is 15.9. The van der Waals surface area contributed by atoms with Crippen molar-refractivity contribution >= 4 is 31.8 Å². The summed E-state index contributed by atoms with van der Waals surface area (Å²) in [4.78, 5) is 0.170. The fraction of sp³-hybridized carbons (Fsp3) is 0.231. The molecule has 1 aromatic carbocycles. The van der Waals surface area contributed by atoms with E-state index in [4.69, 9.17) is 0 Å². The van der Waals surface area contributed by atoms with Crippen LogP contribution in [-0.4, -0.2) is 25.2 Å². The van der Waals surface area contributed by atoms with Crippen molar-refractivity contribution in [2.75, 3.05) is 11.3 Å². The molecule has 2 N–H and O–H groups in total. The van der Waals surface area contributed by atoms with Crippen LogP contribution in [0.3, 0.4) is 0 Å². The quantitative estimate of drug-likeness (QED) is 0.813. The molecule has 112 valence electrons. The zero-order chi connectivity index (χ0) is 15.3. The Morgan fingerprint density at radius 1 is 1.29 bits per heavy atom. The van der Waals surface area contributed by atoms with E-state index in [1.54, 1.807) is 24.3 Å². The van der Waals surface area contributed by atoms with Crippen molar-refractivity contribution in [3.63, 3.8) is 0 Å². The summed E-state index contributed by atoms with van der Waals surface area (Å²) in [6.45, 7) is 3.42. The number of nitrogens with zero attached hydrogens (tertiary/aromatic N) is 2. The molecule has 0 radical (unpaired) electrons. The van der Waals surface area contributed by atoms with E-state index in [-0.39, 0.29) is 10.7 Å². The molecule has 1 aromatic heterocycles. The van der Waals surface area contributed by atoms with Crippen LogP contribution in [0, 0.1) is 0 Å². The summed E-state index contributed by atoms with van der Waals surface area (Å²) in [5.74, 6) is 0.182. The van der Waals surface area contributed by atoms with Crippen LogP contribution in [0.2, 0.25) is 0 Å². The molecule has 2 rings (SSSR count). The van der Waals surface area contributed by atoms with Gasteiger partial charge in [0.2, 0.25) is 0 Å². The fourth-order valence-electron chi connectivity index (χ4n) is 1.68. The Balaban J connectivity index is 2.30. The Bertz CT molecular complexity index is 707. The van der Waals surface area contributed by atoms with Crippen LogP contribution in [0.5, 0.6) is 0 Å². The number of hydrogen-bond donors (Lipinski definition) is 2. The molecule has 1 heterocycles. The molecule has 8 heteroatoms. The van der Waals surface area contributed by atoms with Crippen molar-refractivity contribution < 1.29 is 8.42 Å². The van der Waals surface area contributed by atoms with E-state index in [1.807, 2.05) is 13.0 Å². The first-order chi connectivity index (χ1) is 10.0. The van der Waals surface area contributed by atoms with E-state index in [1.165, 1.54) is 6.20 Å². The van der Waals surface area contributed by atoms with Gasteiger partial charge in [-0.1, -0.05) is 13.0 Å². The maximum absolute atomic E-state index is 12.4. The molecular weight excluding hydrogens is 356 g/mol. The van der Waals surface area contributed by atoms with E-state index in [0.29, 0.717) is 11.0 Å². The molecule has 21 heavy (non-hydrogen) atoms. The average molecular weight is 371 g/mol. The third kappa shape index (κ3) is 4.23. The van der Waals surface area contributed by atoms with Crippen molar-refractivity contribution in [2.45, 2.75) is 18.4 Å². The minimum absolute atomic E-state index is 0.170. The maximum Gasteiger partial charge on any atom is 0.264 e. The third-order valence-electron chi connectivity index (χ3n) is 2.68. The Kier molecular flexibility index (Phi) is 5.27. The van der Waals surface area contributed by atoms with Crippen molar-refractivity contribution in [1.29, 1.82) is 0 Å². The zero-order valence-corrected chi connectivity index (χ0v) is 13.8. The molecule has 0 aliphatic carbocycles. The van der Waals surface area contributed by atoms with Crippen LogP contribution in [0.15, 0.2) is 45.9 Å². The van der Waals surface area contributed by atoms with Crippen molar-refractivity contribution in [1.82, 2.24) is 15.5 Å². The van der Waals surface area contributed by atoms with Gasteiger partial charge >= 0.3 is 0 Å². The second-order valence-corrected chi connectivity index (χ2v) is 6.76. The van der Waals surface area contributed by atoms with Crippen LogP contribution in [0.25, 0.3) is 0 Å². The highest BCUT2D eigenvalue weighted by atomic mass is 79.9. The molecule has 0 bridgehead atoms. The molecule has 0 spiro atoms. The van der Waals surface area contributed by atoms with Gasteiger partial charge in [-0.3, -0.25) is 4.72 Å². The summed E-state index contributed by atoms with van der Waals surface area (Å²) in [6, 6.07) is 8.37. The Labute approximate surface area is 132 Å². The Morgan fingerprint density at radius 3 is 2.76 bits per heavy atom.